The normalized spacial score (nSPS) is 11.1. The van der Waals surface area contributed by atoms with E-state index < -0.39 is 29.8 Å². The van der Waals surface area contributed by atoms with Gasteiger partial charge in [-0.05, 0) is 0 Å². The van der Waals surface area contributed by atoms with Crippen molar-refractivity contribution in [2.75, 3.05) is 20.3 Å². The monoisotopic (exact) mass is 406 g/mol. The van der Waals surface area contributed by atoms with E-state index in [1.54, 1.807) is 13.8 Å². The molecule has 0 saturated heterocycles. The Kier molecular flexibility index (Phi) is 6.12. The molecule has 1 rings (SSSR count). The quantitative estimate of drug-likeness (QED) is 0.531. The topological polar surface area (TPSA) is 75.0 Å². The van der Waals surface area contributed by atoms with Crippen molar-refractivity contribution in [2.45, 2.75) is 28.7 Å². The predicted molar refractivity (Wildman–Crippen MR) is 81.6 cm³/mol. The summed E-state index contributed by atoms with van der Waals surface area (Å²) in [4.78, 5) is 30.9. The number of hydrogen-bond acceptors (Lipinski definition) is 6. The molecule has 0 aliphatic carbocycles. The Bertz CT molecular complexity index is 570. The summed E-state index contributed by atoms with van der Waals surface area (Å²) in [5, 5.41) is 0. The van der Waals surface area contributed by atoms with Gasteiger partial charge in [0.1, 0.15) is 0 Å². The standard InChI is InChI=1S/C11H13O6.3CH3.Sn/c1-4-15-10(13)9-7(12)6-8(14-3)17-11(9)16-5-2;;;;/h4-5H2,1-3H3;3*1H3;. The van der Waals surface area contributed by atoms with Crippen LogP contribution in [0.3, 0.4) is 0 Å². The molecule has 0 spiro atoms. The van der Waals surface area contributed by atoms with Gasteiger partial charge in [-0.1, -0.05) is 0 Å². The molecule has 0 atom stereocenters. The molecule has 0 N–H and O–H groups in total. The fourth-order valence-electron chi connectivity index (χ4n) is 1.90. The molecule has 1 aromatic rings. The van der Waals surface area contributed by atoms with Crippen LogP contribution >= 0.6 is 0 Å². The van der Waals surface area contributed by atoms with Crippen molar-refractivity contribution in [2.24, 2.45) is 0 Å². The van der Waals surface area contributed by atoms with Crippen LogP contribution in [-0.4, -0.2) is 44.7 Å². The molecule has 1 heterocycles. The van der Waals surface area contributed by atoms with Gasteiger partial charge in [0.25, 0.3) is 0 Å². The molecule has 0 bridgehead atoms. The number of rotatable bonds is 6. The SMILES string of the molecule is CCOC(=O)c1c(OCC)oc(OC)[c]([Sn]([CH3])([CH3])[CH3])c1=O. The number of ether oxygens (including phenoxy) is 3. The van der Waals surface area contributed by atoms with Crippen LogP contribution in [0, 0.1) is 0 Å². The average molecular weight is 405 g/mol. The summed E-state index contributed by atoms with van der Waals surface area (Å²) < 4.78 is 21.4. The maximum atomic E-state index is 12.7. The molecule has 0 fully saturated rings. The van der Waals surface area contributed by atoms with Crippen LogP contribution in [0.1, 0.15) is 24.2 Å². The second kappa shape index (κ2) is 7.19. The third-order valence-electron chi connectivity index (χ3n) is 2.74. The molecule has 0 aromatic carbocycles. The van der Waals surface area contributed by atoms with Gasteiger partial charge in [0.2, 0.25) is 0 Å². The summed E-state index contributed by atoms with van der Waals surface area (Å²) in [6, 6.07) is 0. The second-order valence-corrected chi connectivity index (χ2v) is 19.6. The number of hydrogen-bond donors (Lipinski definition) is 0. The van der Waals surface area contributed by atoms with Gasteiger partial charge in [-0.3, -0.25) is 0 Å². The van der Waals surface area contributed by atoms with Gasteiger partial charge in [0.05, 0.1) is 0 Å². The molecule has 1 aromatic heterocycles. The molecule has 21 heavy (non-hydrogen) atoms. The van der Waals surface area contributed by atoms with Crippen LogP contribution in [-0.2, 0) is 4.74 Å². The van der Waals surface area contributed by atoms with Crippen molar-refractivity contribution < 1.29 is 23.4 Å². The van der Waals surface area contributed by atoms with Gasteiger partial charge in [0.15, 0.2) is 0 Å². The summed E-state index contributed by atoms with van der Waals surface area (Å²) in [7, 11) is 1.43. The Hall–Kier alpha value is -1.18. The van der Waals surface area contributed by atoms with Gasteiger partial charge in [-0.2, -0.15) is 0 Å². The number of carbonyl (C=O) groups excluding carboxylic acids is 1. The van der Waals surface area contributed by atoms with Crippen molar-refractivity contribution in [3.8, 4) is 11.9 Å². The minimum atomic E-state index is -2.87. The van der Waals surface area contributed by atoms with Crippen molar-refractivity contribution in [1.29, 1.82) is 0 Å². The average Bonchev–Trinajstić information content (AvgIpc) is 2.36. The first kappa shape index (κ1) is 17.9. The zero-order valence-electron chi connectivity index (χ0n) is 13.4. The van der Waals surface area contributed by atoms with Crippen LogP contribution in [0.4, 0.5) is 0 Å². The number of esters is 1. The van der Waals surface area contributed by atoms with Crippen LogP contribution in [0.5, 0.6) is 11.9 Å². The molecule has 7 heteroatoms. The Morgan fingerprint density at radius 1 is 1.14 bits per heavy atom. The molecular weight excluding hydrogens is 383 g/mol. The second-order valence-electron chi connectivity index (χ2n) is 5.36. The Balaban J connectivity index is 3.67. The number of carbonyl (C=O) groups is 1. The summed E-state index contributed by atoms with van der Waals surface area (Å²) in [5.41, 5.74) is -0.579. The Labute approximate surface area is 128 Å². The van der Waals surface area contributed by atoms with E-state index in [1.165, 1.54) is 7.11 Å². The Morgan fingerprint density at radius 3 is 2.19 bits per heavy atom. The van der Waals surface area contributed by atoms with Crippen molar-refractivity contribution in [1.82, 2.24) is 0 Å². The van der Waals surface area contributed by atoms with E-state index in [4.69, 9.17) is 18.6 Å². The molecule has 0 amide bonds. The molecule has 118 valence electrons. The van der Waals surface area contributed by atoms with Crippen LogP contribution in [0.15, 0.2) is 9.21 Å². The fourth-order valence-corrected chi connectivity index (χ4v) is 6.38. The van der Waals surface area contributed by atoms with E-state index in [9.17, 15) is 9.59 Å². The first-order chi connectivity index (χ1) is 9.77. The molecule has 6 nitrogen and oxygen atoms in total. The summed E-state index contributed by atoms with van der Waals surface area (Å²) in [5.74, 6) is -0.731. The fraction of sp³-hybridized carbons (Fsp3) is 0.571. The van der Waals surface area contributed by atoms with Crippen LogP contribution in [0.25, 0.3) is 0 Å². The first-order valence-electron chi connectivity index (χ1n) is 6.83. The third kappa shape index (κ3) is 3.93. The van der Waals surface area contributed by atoms with Gasteiger partial charge < -0.3 is 0 Å². The van der Waals surface area contributed by atoms with Gasteiger partial charge >= 0.3 is 128 Å². The van der Waals surface area contributed by atoms with Crippen LogP contribution < -0.4 is 18.5 Å². The van der Waals surface area contributed by atoms with E-state index in [2.05, 4.69) is 0 Å². The van der Waals surface area contributed by atoms with E-state index >= 15 is 0 Å². The molecule has 0 aliphatic rings. The maximum absolute atomic E-state index is 12.7. The van der Waals surface area contributed by atoms with Crippen molar-refractivity contribution >= 4 is 27.9 Å². The van der Waals surface area contributed by atoms with Crippen molar-refractivity contribution in [3.05, 3.63) is 15.8 Å². The van der Waals surface area contributed by atoms with Gasteiger partial charge in [-0.25, -0.2) is 0 Å². The minimum absolute atomic E-state index is 0.139. The third-order valence-corrected chi connectivity index (χ3v) is 8.25. The van der Waals surface area contributed by atoms with Gasteiger partial charge in [-0.15, -0.1) is 0 Å². The number of methoxy groups -OCH3 is 1. The Morgan fingerprint density at radius 2 is 1.76 bits per heavy atom. The zero-order chi connectivity index (χ0) is 16.2. The predicted octanol–water partition coefficient (Wildman–Crippen LogP) is 1.77. The molecule has 0 saturated carbocycles. The molecular formula is C14H22O6Sn. The van der Waals surface area contributed by atoms with E-state index in [0.717, 1.165) is 0 Å². The molecule has 0 radical (unpaired) electrons. The summed E-state index contributed by atoms with van der Waals surface area (Å²) in [6.45, 7) is 3.84. The van der Waals surface area contributed by atoms with E-state index in [-0.39, 0.29) is 30.7 Å². The molecule has 0 aliphatic heterocycles. The summed E-state index contributed by atoms with van der Waals surface area (Å²) in [6.07, 6.45) is 0. The van der Waals surface area contributed by atoms with E-state index in [0.29, 0.717) is 3.58 Å². The zero-order valence-corrected chi connectivity index (χ0v) is 16.2. The van der Waals surface area contributed by atoms with Gasteiger partial charge in [0, 0.05) is 0 Å². The molecule has 0 unspecified atom stereocenters. The van der Waals surface area contributed by atoms with Crippen LogP contribution in [0.2, 0.25) is 14.8 Å². The summed E-state index contributed by atoms with van der Waals surface area (Å²) >= 11 is -2.87. The van der Waals surface area contributed by atoms with Crippen molar-refractivity contribution in [3.63, 3.8) is 0 Å². The first-order valence-corrected chi connectivity index (χ1v) is 16.8. The van der Waals surface area contributed by atoms with E-state index in [1.807, 2.05) is 14.8 Å².